The van der Waals surface area contributed by atoms with Gasteiger partial charge in [0.1, 0.15) is 0 Å². The molecule has 86 valence electrons. The lowest BCUT2D eigenvalue weighted by Gasteiger charge is -2.04. The van der Waals surface area contributed by atoms with Crippen LogP contribution in [0.5, 0.6) is 11.5 Å². The van der Waals surface area contributed by atoms with Gasteiger partial charge in [0.25, 0.3) is 0 Å². The quantitative estimate of drug-likeness (QED) is 0.625. The molecule has 0 fully saturated rings. The van der Waals surface area contributed by atoms with Crippen LogP contribution in [0.3, 0.4) is 0 Å². The second kappa shape index (κ2) is 4.43. The molecule has 0 radical (unpaired) electrons. The third-order valence-electron chi connectivity index (χ3n) is 2.47. The topological polar surface area (TPSA) is 56.8 Å². The predicted octanol–water partition coefficient (Wildman–Crippen LogP) is 1.93. The Hall–Kier alpha value is -1.71. The number of aliphatic imine (C=N–C) groups is 1. The summed E-state index contributed by atoms with van der Waals surface area (Å²) in [5.41, 5.74) is 6.85. The van der Waals surface area contributed by atoms with E-state index in [-0.39, 0.29) is 5.92 Å². The van der Waals surface area contributed by atoms with Crippen LogP contribution < -0.4 is 15.2 Å². The molecule has 1 aliphatic heterocycles. The molecular formula is C12H16N2O2. The summed E-state index contributed by atoms with van der Waals surface area (Å²) < 4.78 is 10.5. The number of benzene rings is 1. The first-order valence-electron chi connectivity index (χ1n) is 5.35. The first kappa shape index (κ1) is 10.8. The molecule has 0 saturated carbocycles. The number of rotatable bonds is 3. The van der Waals surface area contributed by atoms with Crippen LogP contribution >= 0.6 is 0 Å². The highest BCUT2D eigenvalue weighted by Crippen LogP contribution is 2.32. The molecular weight excluding hydrogens is 204 g/mol. The molecule has 0 spiro atoms. The van der Waals surface area contributed by atoms with Gasteiger partial charge in [-0.1, -0.05) is 19.9 Å². The molecule has 0 bridgehead atoms. The van der Waals surface area contributed by atoms with Crippen LogP contribution in [-0.2, 0) is 6.54 Å². The number of amidine groups is 1. The molecule has 16 heavy (non-hydrogen) atoms. The van der Waals surface area contributed by atoms with Crippen LogP contribution in [0.1, 0.15) is 19.4 Å². The van der Waals surface area contributed by atoms with Gasteiger partial charge in [-0.15, -0.1) is 0 Å². The van der Waals surface area contributed by atoms with E-state index in [1.807, 2.05) is 32.0 Å². The molecule has 0 amide bonds. The van der Waals surface area contributed by atoms with Crippen molar-refractivity contribution in [1.82, 2.24) is 0 Å². The van der Waals surface area contributed by atoms with Crippen LogP contribution in [0.15, 0.2) is 23.2 Å². The van der Waals surface area contributed by atoms with Gasteiger partial charge in [0.05, 0.1) is 12.4 Å². The minimum atomic E-state index is 0.286. The Kier molecular flexibility index (Phi) is 2.99. The maximum absolute atomic E-state index is 5.77. The van der Waals surface area contributed by atoms with Gasteiger partial charge in [-0.05, 0) is 17.7 Å². The summed E-state index contributed by atoms with van der Waals surface area (Å²) in [7, 11) is 0. The van der Waals surface area contributed by atoms with Crippen LogP contribution in [0.2, 0.25) is 0 Å². The van der Waals surface area contributed by atoms with E-state index in [1.54, 1.807) is 0 Å². The summed E-state index contributed by atoms with van der Waals surface area (Å²) >= 11 is 0. The standard InChI is InChI=1S/C12H16N2O2/c1-8(2)12(13)14-6-9-3-4-10-11(5-9)16-7-15-10/h3-5,8H,6-7H2,1-2H3,(H2,13,14). The fraction of sp³-hybridized carbons (Fsp3) is 0.417. The molecule has 1 aromatic rings. The van der Waals surface area contributed by atoms with E-state index in [0.717, 1.165) is 17.1 Å². The second-order valence-corrected chi connectivity index (χ2v) is 4.08. The summed E-state index contributed by atoms with van der Waals surface area (Å²) in [5, 5.41) is 0. The van der Waals surface area contributed by atoms with Crippen LogP contribution in [-0.4, -0.2) is 12.6 Å². The van der Waals surface area contributed by atoms with Crippen molar-refractivity contribution in [3.8, 4) is 11.5 Å². The van der Waals surface area contributed by atoms with E-state index >= 15 is 0 Å². The molecule has 1 aliphatic rings. The lowest BCUT2D eigenvalue weighted by atomic mass is 10.2. The summed E-state index contributed by atoms with van der Waals surface area (Å²) in [4.78, 5) is 4.32. The van der Waals surface area contributed by atoms with Gasteiger partial charge >= 0.3 is 0 Å². The van der Waals surface area contributed by atoms with E-state index in [0.29, 0.717) is 19.2 Å². The molecule has 4 heteroatoms. The molecule has 2 N–H and O–H groups in total. The van der Waals surface area contributed by atoms with Crippen LogP contribution in [0.4, 0.5) is 0 Å². The van der Waals surface area contributed by atoms with Crippen LogP contribution in [0, 0.1) is 5.92 Å². The van der Waals surface area contributed by atoms with Crippen LogP contribution in [0.25, 0.3) is 0 Å². The summed E-state index contributed by atoms with van der Waals surface area (Å²) in [6.45, 7) is 4.94. The highest BCUT2D eigenvalue weighted by Gasteiger charge is 2.12. The zero-order valence-corrected chi connectivity index (χ0v) is 9.56. The first-order chi connectivity index (χ1) is 7.66. The van der Waals surface area contributed by atoms with Crippen molar-refractivity contribution in [1.29, 1.82) is 0 Å². The van der Waals surface area contributed by atoms with Crippen molar-refractivity contribution in [3.63, 3.8) is 0 Å². The van der Waals surface area contributed by atoms with Gasteiger partial charge in [-0.25, -0.2) is 0 Å². The molecule has 0 aliphatic carbocycles. The van der Waals surface area contributed by atoms with Crippen molar-refractivity contribution in [2.45, 2.75) is 20.4 Å². The van der Waals surface area contributed by atoms with E-state index in [2.05, 4.69) is 4.99 Å². The van der Waals surface area contributed by atoms with E-state index < -0.39 is 0 Å². The number of nitrogens with two attached hydrogens (primary N) is 1. The molecule has 0 unspecified atom stereocenters. The fourth-order valence-corrected chi connectivity index (χ4v) is 1.40. The Labute approximate surface area is 95.1 Å². The zero-order valence-electron chi connectivity index (χ0n) is 9.56. The molecule has 0 aromatic heterocycles. The van der Waals surface area contributed by atoms with Gasteiger partial charge in [-0.2, -0.15) is 0 Å². The molecule has 2 rings (SSSR count). The Morgan fingerprint density at radius 3 is 2.88 bits per heavy atom. The number of nitrogens with zero attached hydrogens (tertiary/aromatic N) is 1. The average Bonchev–Trinajstić information content (AvgIpc) is 2.72. The van der Waals surface area contributed by atoms with Gasteiger partial charge in [-0.3, -0.25) is 4.99 Å². The zero-order chi connectivity index (χ0) is 11.5. The Morgan fingerprint density at radius 1 is 1.38 bits per heavy atom. The van der Waals surface area contributed by atoms with Gasteiger partial charge in [0, 0.05) is 5.92 Å². The Balaban J connectivity index is 2.08. The third-order valence-corrected chi connectivity index (χ3v) is 2.47. The van der Waals surface area contributed by atoms with E-state index in [9.17, 15) is 0 Å². The third kappa shape index (κ3) is 2.27. The monoisotopic (exact) mass is 220 g/mol. The minimum absolute atomic E-state index is 0.286. The smallest absolute Gasteiger partial charge is 0.231 e. The maximum atomic E-state index is 5.77. The Bertz CT molecular complexity index is 413. The van der Waals surface area contributed by atoms with Crippen molar-refractivity contribution in [3.05, 3.63) is 23.8 Å². The molecule has 1 aromatic carbocycles. The largest absolute Gasteiger partial charge is 0.454 e. The number of ether oxygens (including phenoxy) is 2. The number of hydrogen-bond donors (Lipinski definition) is 1. The number of hydrogen-bond acceptors (Lipinski definition) is 3. The van der Waals surface area contributed by atoms with E-state index in [4.69, 9.17) is 15.2 Å². The summed E-state index contributed by atoms with van der Waals surface area (Å²) in [5.74, 6) is 2.55. The van der Waals surface area contributed by atoms with Gasteiger partial charge < -0.3 is 15.2 Å². The van der Waals surface area contributed by atoms with Crippen molar-refractivity contribution in [2.24, 2.45) is 16.6 Å². The van der Waals surface area contributed by atoms with Gasteiger partial charge in [0.2, 0.25) is 6.79 Å². The lowest BCUT2D eigenvalue weighted by Crippen LogP contribution is -2.18. The Morgan fingerprint density at radius 2 is 2.12 bits per heavy atom. The SMILES string of the molecule is CC(C)C(N)=NCc1ccc2c(c1)OCO2. The predicted molar refractivity (Wildman–Crippen MR) is 62.7 cm³/mol. The second-order valence-electron chi connectivity index (χ2n) is 4.08. The van der Waals surface area contributed by atoms with Gasteiger partial charge in [0.15, 0.2) is 11.5 Å². The average molecular weight is 220 g/mol. The van der Waals surface area contributed by atoms with Crippen molar-refractivity contribution < 1.29 is 9.47 Å². The number of fused-ring (bicyclic) bond motifs is 1. The van der Waals surface area contributed by atoms with E-state index in [1.165, 1.54) is 0 Å². The highest BCUT2D eigenvalue weighted by atomic mass is 16.7. The highest BCUT2D eigenvalue weighted by molar-refractivity contribution is 5.82. The first-order valence-corrected chi connectivity index (χ1v) is 5.35. The normalized spacial score (nSPS) is 14.6. The molecule has 1 heterocycles. The fourth-order valence-electron chi connectivity index (χ4n) is 1.40. The molecule has 0 atom stereocenters. The maximum Gasteiger partial charge on any atom is 0.231 e. The lowest BCUT2D eigenvalue weighted by molar-refractivity contribution is 0.174. The summed E-state index contributed by atoms with van der Waals surface area (Å²) in [6.07, 6.45) is 0. The molecule has 0 saturated heterocycles. The molecule has 4 nitrogen and oxygen atoms in total. The van der Waals surface area contributed by atoms with Crippen molar-refractivity contribution >= 4 is 5.84 Å². The minimum Gasteiger partial charge on any atom is -0.454 e. The van der Waals surface area contributed by atoms with Crippen molar-refractivity contribution in [2.75, 3.05) is 6.79 Å². The summed E-state index contributed by atoms with van der Waals surface area (Å²) in [6, 6.07) is 5.82.